The third-order valence-corrected chi connectivity index (χ3v) is 2.15. The van der Waals surface area contributed by atoms with Crippen molar-refractivity contribution in [3.63, 3.8) is 0 Å². The highest BCUT2D eigenvalue weighted by molar-refractivity contribution is 5.82. The Morgan fingerprint density at radius 2 is 2.35 bits per heavy atom. The summed E-state index contributed by atoms with van der Waals surface area (Å²) in [5.74, 6) is -0.551. The van der Waals surface area contributed by atoms with E-state index in [4.69, 9.17) is 14.4 Å². The normalized spacial score (nSPS) is 10.2. The highest BCUT2D eigenvalue weighted by Crippen LogP contribution is 2.15. The summed E-state index contributed by atoms with van der Waals surface area (Å²) < 4.78 is 9.90. The topological polar surface area (TPSA) is 85.5 Å². The minimum atomic E-state index is -1.20. The van der Waals surface area contributed by atoms with E-state index in [-0.39, 0.29) is 11.7 Å². The highest BCUT2D eigenvalue weighted by atomic mass is 16.5. The summed E-state index contributed by atoms with van der Waals surface area (Å²) in [4.78, 5) is 14.3. The summed E-state index contributed by atoms with van der Waals surface area (Å²) in [6, 6.07) is 7.35. The minimum Gasteiger partial charge on any atom is -0.497 e. The van der Waals surface area contributed by atoms with Gasteiger partial charge in [0.2, 0.25) is 5.89 Å². The standard InChI is InChI=1S/C11H10N2O4/c1-16-8-4-2-3-7(5-8)6-9-12-10(11(14)15)13-17-9/h2-5H,6H2,1H3,(H,14,15). The molecule has 1 aromatic carbocycles. The number of hydrogen-bond donors (Lipinski definition) is 1. The number of carbonyl (C=O) groups is 1. The molecule has 0 fully saturated rings. The van der Waals surface area contributed by atoms with E-state index in [2.05, 4.69) is 10.1 Å². The van der Waals surface area contributed by atoms with Crippen LogP contribution in [0.25, 0.3) is 0 Å². The van der Waals surface area contributed by atoms with Crippen molar-refractivity contribution in [3.05, 3.63) is 41.5 Å². The van der Waals surface area contributed by atoms with Gasteiger partial charge in [-0.1, -0.05) is 12.1 Å². The first-order valence-corrected chi connectivity index (χ1v) is 4.88. The molecular weight excluding hydrogens is 224 g/mol. The van der Waals surface area contributed by atoms with Gasteiger partial charge in [-0.05, 0) is 22.9 Å². The van der Waals surface area contributed by atoms with Crippen LogP contribution in [0.2, 0.25) is 0 Å². The van der Waals surface area contributed by atoms with Crippen LogP contribution >= 0.6 is 0 Å². The predicted octanol–water partition coefficient (Wildman–Crippen LogP) is 1.37. The molecule has 1 heterocycles. The van der Waals surface area contributed by atoms with Crippen molar-refractivity contribution < 1.29 is 19.2 Å². The molecule has 17 heavy (non-hydrogen) atoms. The third kappa shape index (κ3) is 2.60. The number of methoxy groups -OCH3 is 1. The second kappa shape index (κ2) is 4.65. The van der Waals surface area contributed by atoms with E-state index in [1.807, 2.05) is 24.3 Å². The van der Waals surface area contributed by atoms with Crippen LogP contribution in [0, 0.1) is 0 Å². The van der Waals surface area contributed by atoms with Gasteiger partial charge in [0.1, 0.15) is 5.75 Å². The predicted molar refractivity (Wildman–Crippen MR) is 57.1 cm³/mol. The first-order valence-electron chi connectivity index (χ1n) is 4.88. The van der Waals surface area contributed by atoms with Crippen molar-refractivity contribution in [1.82, 2.24) is 10.1 Å². The summed E-state index contributed by atoms with van der Waals surface area (Å²) in [6.45, 7) is 0. The quantitative estimate of drug-likeness (QED) is 0.859. The molecule has 0 aliphatic heterocycles. The molecule has 0 bridgehead atoms. The van der Waals surface area contributed by atoms with Gasteiger partial charge in [-0.2, -0.15) is 4.98 Å². The molecule has 88 valence electrons. The monoisotopic (exact) mass is 234 g/mol. The zero-order valence-electron chi connectivity index (χ0n) is 9.08. The number of benzene rings is 1. The maximum absolute atomic E-state index is 10.6. The van der Waals surface area contributed by atoms with Crippen LogP contribution in [0.5, 0.6) is 5.75 Å². The summed E-state index contributed by atoms with van der Waals surface area (Å²) in [5, 5.41) is 12.0. The van der Waals surface area contributed by atoms with Crippen molar-refractivity contribution in [2.45, 2.75) is 6.42 Å². The van der Waals surface area contributed by atoms with Crippen molar-refractivity contribution in [2.24, 2.45) is 0 Å². The van der Waals surface area contributed by atoms with Crippen LogP contribution in [0.3, 0.4) is 0 Å². The lowest BCUT2D eigenvalue weighted by atomic mass is 10.1. The number of nitrogens with zero attached hydrogens (tertiary/aromatic N) is 2. The molecule has 6 heteroatoms. The SMILES string of the molecule is COc1cccc(Cc2nc(C(=O)O)no2)c1. The van der Waals surface area contributed by atoms with Gasteiger partial charge in [-0.15, -0.1) is 0 Å². The van der Waals surface area contributed by atoms with Crippen molar-refractivity contribution in [3.8, 4) is 5.75 Å². The van der Waals surface area contributed by atoms with Crippen molar-refractivity contribution in [1.29, 1.82) is 0 Å². The molecule has 0 aliphatic carbocycles. The van der Waals surface area contributed by atoms with Crippen LogP contribution in [0.1, 0.15) is 22.1 Å². The Morgan fingerprint density at radius 1 is 1.53 bits per heavy atom. The Bertz CT molecular complexity index is 536. The molecule has 0 radical (unpaired) electrons. The van der Waals surface area contributed by atoms with E-state index < -0.39 is 5.97 Å². The van der Waals surface area contributed by atoms with Crippen LogP contribution in [0.4, 0.5) is 0 Å². The van der Waals surface area contributed by atoms with Crippen LogP contribution in [-0.2, 0) is 6.42 Å². The van der Waals surface area contributed by atoms with Gasteiger partial charge in [0.25, 0.3) is 5.82 Å². The molecule has 1 aromatic heterocycles. The zero-order valence-corrected chi connectivity index (χ0v) is 9.08. The Hall–Kier alpha value is -2.37. The number of carboxylic acids is 1. The molecule has 0 spiro atoms. The second-order valence-corrected chi connectivity index (χ2v) is 3.35. The Kier molecular flexibility index (Phi) is 3.04. The fraction of sp³-hybridized carbons (Fsp3) is 0.182. The van der Waals surface area contributed by atoms with Crippen LogP contribution in [0.15, 0.2) is 28.8 Å². The molecule has 0 saturated heterocycles. The van der Waals surface area contributed by atoms with Gasteiger partial charge in [0.15, 0.2) is 0 Å². The highest BCUT2D eigenvalue weighted by Gasteiger charge is 2.13. The van der Waals surface area contributed by atoms with Crippen LogP contribution < -0.4 is 4.74 Å². The largest absolute Gasteiger partial charge is 0.497 e. The molecule has 0 amide bonds. The third-order valence-electron chi connectivity index (χ3n) is 2.15. The van der Waals surface area contributed by atoms with E-state index in [1.165, 1.54) is 0 Å². The average molecular weight is 234 g/mol. The molecule has 0 atom stereocenters. The Balaban J connectivity index is 2.16. The van der Waals surface area contributed by atoms with Gasteiger partial charge in [-0.25, -0.2) is 4.79 Å². The first kappa shape index (κ1) is 11.1. The Morgan fingerprint density at radius 3 is 3.00 bits per heavy atom. The van der Waals surface area contributed by atoms with Crippen molar-refractivity contribution in [2.75, 3.05) is 7.11 Å². The van der Waals surface area contributed by atoms with Gasteiger partial charge in [0.05, 0.1) is 13.5 Å². The first-order chi connectivity index (χ1) is 8.19. The number of hydrogen-bond acceptors (Lipinski definition) is 5. The van der Waals surface area contributed by atoms with E-state index >= 15 is 0 Å². The number of rotatable bonds is 4. The van der Waals surface area contributed by atoms with Gasteiger partial charge in [0, 0.05) is 0 Å². The number of aromatic nitrogens is 2. The molecule has 0 unspecified atom stereocenters. The maximum Gasteiger partial charge on any atom is 0.377 e. The summed E-state index contributed by atoms with van der Waals surface area (Å²) in [5.41, 5.74) is 0.907. The van der Waals surface area contributed by atoms with Gasteiger partial charge < -0.3 is 14.4 Å². The second-order valence-electron chi connectivity index (χ2n) is 3.35. The summed E-state index contributed by atoms with van der Waals surface area (Å²) in [7, 11) is 1.58. The van der Waals surface area contributed by atoms with Gasteiger partial charge >= 0.3 is 5.97 Å². The van der Waals surface area contributed by atoms with E-state index in [0.29, 0.717) is 6.42 Å². The number of ether oxygens (including phenoxy) is 1. The van der Waals surface area contributed by atoms with Crippen molar-refractivity contribution >= 4 is 5.97 Å². The molecule has 2 aromatic rings. The zero-order chi connectivity index (χ0) is 12.3. The molecular formula is C11H10N2O4. The molecule has 0 aliphatic rings. The van der Waals surface area contributed by atoms with E-state index in [0.717, 1.165) is 11.3 Å². The van der Waals surface area contributed by atoms with E-state index in [9.17, 15) is 4.79 Å². The van der Waals surface area contributed by atoms with Crippen LogP contribution in [-0.4, -0.2) is 28.3 Å². The number of aromatic carboxylic acids is 1. The minimum absolute atomic E-state index is 0.260. The summed E-state index contributed by atoms with van der Waals surface area (Å²) in [6.07, 6.45) is 0.372. The van der Waals surface area contributed by atoms with Gasteiger partial charge in [-0.3, -0.25) is 0 Å². The molecule has 6 nitrogen and oxygen atoms in total. The lowest BCUT2D eigenvalue weighted by Gasteiger charge is -2.01. The maximum atomic E-state index is 10.6. The fourth-order valence-corrected chi connectivity index (χ4v) is 1.37. The summed E-state index contributed by atoms with van der Waals surface area (Å²) >= 11 is 0. The fourth-order valence-electron chi connectivity index (χ4n) is 1.37. The lowest BCUT2D eigenvalue weighted by molar-refractivity contribution is 0.0680. The molecule has 2 rings (SSSR count). The Labute approximate surface area is 96.8 Å². The van der Waals surface area contributed by atoms with E-state index in [1.54, 1.807) is 7.11 Å². The lowest BCUT2D eigenvalue weighted by Crippen LogP contribution is -1.99. The smallest absolute Gasteiger partial charge is 0.377 e. The molecule has 0 saturated carbocycles. The average Bonchev–Trinajstić information content (AvgIpc) is 2.78. The molecule has 1 N–H and O–H groups in total. The number of carboxylic acid groups (broad SMARTS) is 1.